The van der Waals surface area contributed by atoms with Crippen LogP contribution in [0.3, 0.4) is 0 Å². The summed E-state index contributed by atoms with van der Waals surface area (Å²) in [7, 11) is 2.06. The number of aryl methyl sites for hydroxylation is 1. The van der Waals surface area contributed by atoms with Gasteiger partial charge >= 0.3 is 0 Å². The Morgan fingerprint density at radius 2 is 2.08 bits per heavy atom. The SMILES string of the molecule is Cn1cc(-c2nc(-c3c[nH]c4c(Cl)nccc34)cs2)c2cc(Br)ccc21. The monoisotopic (exact) mass is 442 g/mol. The highest BCUT2D eigenvalue weighted by Crippen LogP contribution is 2.37. The van der Waals surface area contributed by atoms with E-state index in [0.717, 1.165) is 37.2 Å². The number of hydrogen-bond acceptors (Lipinski definition) is 3. The molecule has 26 heavy (non-hydrogen) atoms. The quantitative estimate of drug-likeness (QED) is 0.327. The molecule has 0 aliphatic heterocycles. The van der Waals surface area contributed by atoms with Crippen molar-refractivity contribution in [2.24, 2.45) is 7.05 Å². The van der Waals surface area contributed by atoms with Crippen LogP contribution in [0.15, 0.2) is 52.7 Å². The van der Waals surface area contributed by atoms with Gasteiger partial charge in [-0.25, -0.2) is 9.97 Å². The summed E-state index contributed by atoms with van der Waals surface area (Å²) in [6.07, 6.45) is 5.80. The number of H-pyrrole nitrogens is 1. The average Bonchev–Trinajstić information content (AvgIpc) is 3.32. The maximum Gasteiger partial charge on any atom is 0.153 e. The van der Waals surface area contributed by atoms with E-state index in [1.54, 1.807) is 17.5 Å². The van der Waals surface area contributed by atoms with Crippen LogP contribution in [0, 0.1) is 0 Å². The van der Waals surface area contributed by atoms with Crippen LogP contribution in [0.5, 0.6) is 0 Å². The lowest BCUT2D eigenvalue weighted by atomic mass is 10.1. The van der Waals surface area contributed by atoms with Gasteiger partial charge in [-0.2, -0.15) is 0 Å². The summed E-state index contributed by atoms with van der Waals surface area (Å²) in [6, 6.07) is 8.28. The zero-order valence-corrected chi connectivity index (χ0v) is 16.8. The molecule has 4 nitrogen and oxygen atoms in total. The zero-order chi connectivity index (χ0) is 17.8. The van der Waals surface area contributed by atoms with Gasteiger partial charge < -0.3 is 9.55 Å². The van der Waals surface area contributed by atoms with E-state index >= 15 is 0 Å². The highest BCUT2D eigenvalue weighted by molar-refractivity contribution is 9.10. The predicted octanol–water partition coefficient (Wildman–Crippen LogP) is 6.26. The van der Waals surface area contributed by atoms with Crippen LogP contribution < -0.4 is 0 Å². The second-order valence-electron chi connectivity index (χ2n) is 6.08. The highest BCUT2D eigenvalue weighted by Gasteiger charge is 2.16. The van der Waals surface area contributed by atoms with E-state index in [0.29, 0.717) is 5.15 Å². The van der Waals surface area contributed by atoms with Crippen LogP contribution in [0.25, 0.3) is 43.6 Å². The van der Waals surface area contributed by atoms with Crippen molar-refractivity contribution in [3.05, 3.63) is 57.9 Å². The number of halogens is 2. The standard InChI is InChI=1S/C19H12BrClN4S/c1-25-8-14(12-6-10(20)2-3-16(12)25)19-24-15(9-26-19)13-7-23-17-11(13)4-5-22-18(17)21/h2-9,23H,1H3. The number of aromatic nitrogens is 4. The maximum atomic E-state index is 6.17. The molecule has 128 valence electrons. The smallest absolute Gasteiger partial charge is 0.153 e. The Morgan fingerprint density at radius 3 is 2.96 bits per heavy atom. The van der Waals surface area contributed by atoms with E-state index < -0.39 is 0 Å². The Labute approximate surface area is 166 Å². The largest absolute Gasteiger partial charge is 0.358 e. The average molecular weight is 444 g/mol. The van der Waals surface area contributed by atoms with Crippen LogP contribution in [-0.4, -0.2) is 19.5 Å². The van der Waals surface area contributed by atoms with E-state index in [9.17, 15) is 0 Å². The van der Waals surface area contributed by atoms with Gasteiger partial charge in [0.25, 0.3) is 0 Å². The molecule has 4 aromatic heterocycles. The van der Waals surface area contributed by atoms with Crippen molar-refractivity contribution >= 4 is 60.7 Å². The van der Waals surface area contributed by atoms with Gasteiger partial charge in [0.05, 0.1) is 11.2 Å². The molecule has 0 fully saturated rings. The molecule has 4 heterocycles. The fourth-order valence-corrected chi connectivity index (χ4v) is 4.71. The van der Waals surface area contributed by atoms with Crippen molar-refractivity contribution in [3.8, 4) is 21.8 Å². The zero-order valence-electron chi connectivity index (χ0n) is 13.6. The molecule has 0 saturated heterocycles. The first-order valence-corrected chi connectivity index (χ1v) is 9.99. The molecule has 0 bridgehead atoms. The molecule has 5 aromatic rings. The third-order valence-electron chi connectivity index (χ3n) is 4.52. The minimum Gasteiger partial charge on any atom is -0.358 e. The number of rotatable bonds is 2. The third-order valence-corrected chi connectivity index (χ3v) is 6.17. The van der Waals surface area contributed by atoms with E-state index in [4.69, 9.17) is 16.6 Å². The molecular weight excluding hydrogens is 432 g/mol. The maximum absolute atomic E-state index is 6.17. The second kappa shape index (κ2) is 5.94. The molecule has 0 radical (unpaired) electrons. The van der Waals surface area contributed by atoms with Gasteiger partial charge in [-0.3, -0.25) is 0 Å². The number of fused-ring (bicyclic) bond motifs is 2. The Hall–Kier alpha value is -2.15. The number of benzene rings is 1. The van der Waals surface area contributed by atoms with E-state index in [2.05, 4.69) is 67.3 Å². The van der Waals surface area contributed by atoms with Crippen molar-refractivity contribution in [2.45, 2.75) is 0 Å². The Bertz CT molecular complexity index is 1280. The Kier molecular flexibility index (Phi) is 3.67. The van der Waals surface area contributed by atoms with Crippen LogP contribution in [0.4, 0.5) is 0 Å². The Morgan fingerprint density at radius 1 is 1.19 bits per heavy atom. The van der Waals surface area contributed by atoms with Crippen molar-refractivity contribution in [1.29, 1.82) is 0 Å². The summed E-state index contributed by atoms with van der Waals surface area (Å²) >= 11 is 11.4. The molecule has 0 aliphatic carbocycles. The number of aromatic amines is 1. The van der Waals surface area contributed by atoms with Gasteiger partial charge in [-0.05, 0) is 24.3 Å². The molecule has 5 rings (SSSR count). The van der Waals surface area contributed by atoms with Gasteiger partial charge in [0.2, 0.25) is 0 Å². The molecule has 0 aliphatic rings. The van der Waals surface area contributed by atoms with Crippen LogP contribution in [0.2, 0.25) is 5.15 Å². The fourth-order valence-electron chi connectivity index (χ4n) is 3.29. The fraction of sp³-hybridized carbons (Fsp3) is 0.0526. The third kappa shape index (κ3) is 2.40. The molecule has 0 amide bonds. The normalized spacial score (nSPS) is 11.7. The lowest BCUT2D eigenvalue weighted by Crippen LogP contribution is -1.82. The summed E-state index contributed by atoms with van der Waals surface area (Å²) in [6.45, 7) is 0. The molecule has 1 aromatic carbocycles. The number of pyridine rings is 1. The van der Waals surface area contributed by atoms with E-state index in [-0.39, 0.29) is 0 Å². The molecule has 0 unspecified atom stereocenters. The van der Waals surface area contributed by atoms with Crippen molar-refractivity contribution in [3.63, 3.8) is 0 Å². The van der Waals surface area contributed by atoms with Crippen molar-refractivity contribution in [2.75, 3.05) is 0 Å². The molecule has 1 N–H and O–H groups in total. The summed E-state index contributed by atoms with van der Waals surface area (Å²) in [4.78, 5) is 12.2. The van der Waals surface area contributed by atoms with E-state index in [1.807, 2.05) is 12.3 Å². The first kappa shape index (κ1) is 16.1. The van der Waals surface area contributed by atoms with Crippen molar-refractivity contribution < 1.29 is 0 Å². The van der Waals surface area contributed by atoms with Crippen LogP contribution in [-0.2, 0) is 7.05 Å². The van der Waals surface area contributed by atoms with Gasteiger partial charge in [-0.15, -0.1) is 11.3 Å². The summed E-state index contributed by atoms with van der Waals surface area (Å²) in [5, 5.41) is 5.78. The van der Waals surface area contributed by atoms with Crippen molar-refractivity contribution in [1.82, 2.24) is 19.5 Å². The molecule has 0 atom stereocenters. The molecule has 0 saturated carbocycles. The topological polar surface area (TPSA) is 46.5 Å². The first-order valence-electron chi connectivity index (χ1n) is 7.94. The Balaban J connectivity index is 1.67. The second-order valence-corrected chi connectivity index (χ2v) is 8.21. The van der Waals surface area contributed by atoms with Gasteiger partial charge in [0.1, 0.15) is 5.01 Å². The van der Waals surface area contributed by atoms with Gasteiger partial charge in [-0.1, -0.05) is 27.5 Å². The summed E-state index contributed by atoms with van der Waals surface area (Å²) in [5.41, 5.74) is 5.14. The lowest BCUT2D eigenvalue weighted by molar-refractivity contribution is 0.970. The number of thiazole rings is 1. The highest BCUT2D eigenvalue weighted by atomic mass is 79.9. The minimum absolute atomic E-state index is 0.475. The van der Waals surface area contributed by atoms with Gasteiger partial charge in [0.15, 0.2) is 5.15 Å². The van der Waals surface area contributed by atoms with E-state index in [1.165, 1.54) is 10.9 Å². The number of nitrogens with one attached hydrogen (secondary N) is 1. The molecule has 0 spiro atoms. The summed E-state index contributed by atoms with van der Waals surface area (Å²) < 4.78 is 3.20. The van der Waals surface area contributed by atoms with Crippen LogP contribution >= 0.6 is 38.9 Å². The minimum atomic E-state index is 0.475. The predicted molar refractivity (Wildman–Crippen MR) is 112 cm³/mol. The van der Waals surface area contributed by atoms with Gasteiger partial charge in [0, 0.05) is 62.9 Å². The number of hydrogen-bond donors (Lipinski definition) is 1. The first-order chi connectivity index (χ1) is 12.6. The molecule has 7 heteroatoms. The molecular formula is C19H12BrClN4S. The van der Waals surface area contributed by atoms with Crippen LogP contribution in [0.1, 0.15) is 0 Å². The lowest BCUT2D eigenvalue weighted by Gasteiger charge is -1.97. The number of nitrogens with zero attached hydrogens (tertiary/aromatic N) is 3. The summed E-state index contributed by atoms with van der Waals surface area (Å²) in [5.74, 6) is 0.